The van der Waals surface area contributed by atoms with E-state index in [0.29, 0.717) is 24.7 Å². The van der Waals surface area contributed by atoms with Crippen molar-refractivity contribution in [3.63, 3.8) is 0 Å². The first-order chi connectivity index (χ1) is 29.9. The molecule has 1 aliphatic rings. The molecule has 3 atom stereocenters. The van der Waals surface area contributed by atoms with Gasteiger partial charge in [-0.15, -0.1) is 0 Å². The summed E-state index contributed by atoms with van der Waals surface area (Å²) in [6.07, 6.45) is 5.49. The minimum Gasteiger partial charge on any atom is -0.377 e. The Morgan fingerprint density at radius 2 is 1.44 bits per heavy atom. The summed E-state index contributed by atoms with van der Waals surface area (Å²) >= 11 is 0. The normalized spacial score (nSPS) is 15.3. The van der Waals surface area contributed by atoms with Gasteiger partial charge in [-0.25, -0.2) is 32.5 Å². The van der Waals surface area contributed by atoms with Crippen LogP contribution < -0.4 is 15.5 Å². The van der Waals surface area contributed by atoms with Gasteiger partial charge in [0.1, 0.15) is 36.3 Å². The van der Waals surface area contributed by atoms with Gasteiger partial charge in [0.2, 0.25) is 0 Å². The standard InChI is InChI=1S/C46H45F4N9O3/c1-3-42(32(2)62-27-33-7-5-4-6-8-33)59-44(60)58(31-54-59)39-17-15-38(16-18-39)56-23-21-55(22-24-56)37-13-9-34(10-14-37)35-11-20-43(52-26-35)46(49,50)45(61,28-57-30-51-29-53-57)40-19-12-36(47)25-41(40)48/h4-20,25-26,29-32,42,61H,3,21-24,27-28H2,1-2H3/t32-,42-,45?/m0/s1. The Hall–Kier alpha value is -6.65. The molecule has 320 valence electrons. The van der Waals surface area contributed by atoms with Gasteiger partial charge in [0.15, 0.2) is 5.60 Å². The molecule has 16 heteroatoms. The number of piperazine rings is 1. The first-order valence-electron chi connectivity index (χ1n) is 20.3. The molecule has 4 aromatic carbocycles. The van der Waals surface area contributed by atoms with E-state index in [0.717, 1.165) is 89.9 Å². The Bertz CT molecular complexity index is 2620. The van der Waals surface area contributed by atoms with E-state index in [2.05, 4.69) is 30.0 Å². The number of alkyl halides is 2. The molecule has 0 bridgehead atoms. The fourth-order valence-electron chi connectivity index (χ4n) is 7.94. The topological polar surface area (TPSA) is 119 Å². The number of hydrogen-bond acceptors (Lipinski definition) is 9. The predicted octanol–water partition coefficient (Wildman–Crippen LogP) is 7.53. The van der Waals surface area contributed by atoms with Crippen LogP contribution in [0.1, 0.15) is 43.1 Å². The van der Waals surface area contributed by atoms with Crippen molar-refractivity contribution in [1.82, 2.24) is 34.1 Å². The van der Waals surface area contributed by atoms with Gasteiger partial charge in [-0.2, -0.15) is 19.0 Å². The Labute approximate surface area is 355 Å². The number of anilines is 2. The number of pyridine rings is 1. The lowest BCUT2D eigenvalue weighted by Gasteiger charge is -2.37. The third-order valence-electron chi connectivity index (χ3n) is 11.5. The average Bonchev–Trinajstić information content (AvgIpc) is 3.95. The SMILES string of the molecule is CC[C@@H]([C@H](C)OCc1ccccc1)n1ncn(-c2ccc(N3CCN(c4ccc(-c5ccc(C(F)(F)C(O)(Cn6cncn6)c6ccc(F)cc6F)nc5)cc4)CC3)cc2)c1=O. The number of hydrogen-bond donors (Lipinski definition) is 1. The maximum Gasteiger partial charge on any atom is 0.350 e. The Kier molecular flexibility index (Phi) is 12.0. The van der Waals surface area contributed by atoms with Gasteiger partial charge in [0, 0.05) is 60.9 Å². The molecule has 1 N–H and O–H groups in total. The van der Waals surface area contributed by atoms with Crippen molar-refractivity contribution in [2.24, 2.45) is 0 Å². The monoisotopic (exact) mass is 847 g/mol. The number of halogens is 4. The van der Waals surface area contributed by atoms with Gasteiger partial charge in [-0.05, 0) is 79.1 Å². The highest BCUT2D eigenvalue weighted by Crippen LogP contribution is 2.47. The Morgan fingerprint density at radius 1 is 0.790 bits per heavy atom. The molecule has 0 saturated carbocycles. The van der Waals surface area contributed by atoms with Crippen molar-refractivity contribution >= 4 is 11.4 Å². The third-order valence-corrected chi connectivity index (χ3v) is 11.5. The third kappa shape index (κ3) is 8.47. The summed E-state index contributed by atoms with van der Waals surface area (Å²) in [6.45, 7) is 6.61. The molecule has 0 amide bonds. The number of aromatic nitrogens is 7. The van der Waals surface area contributed by atoms with Crippen LogP contribution in [0.25, 0.3) is 16.8 Å². The van der Waals surface area contributed by atoms with E-state index in [4.69, 9.17) is 4.74 Å². The van der Waals surface area contributed by atoms with Gasteiger partial charge in [-0.3, -0.25) is 4.98 Å². The van der Waals surface area contributed by atoms with Crippen LogP contribution in [0.15, 0.2) is 139 Å². The van der Waals surface area contributed by atoms with E-state index >= 15 is 8.78 Å². The zero-order valence-corrected chi connectivity index (χ0v) is 34.1. The minimum atomic E-state index is -4.13. The molecule has 12 nitrogen and oxygen atoms in total. The molecule has 1 unspecified atom stereocenters. The second-order valence-electron chi connectivity index (χ2n) is 15.3. The summed E-state index contributed by atoms with van der Waals surface area (Å²) in [5.41, 5.74) is 0.0907. The zero-order valence-electron chi connectivity index (χ0n) is 34.1. The Balaban J connectivity index is 0.886. The number of aliphatic hydroxyl groups is 1. The molecular formula is C46H45F4N9O3. The van der Waals surface area contributed by atoms with Crippen LogP contribution in [-0.2, 0) is 29.4 Å². The summed E-state index contributed by atoms with van der Waals surface area (Å²) in [4.78, 5) is 25.8. The second kappa shape index (κ2) is 17.8. The van der Waals surface area contributed by atoms with Crippen LogP contribution in [0.4, 0.5) is 28.9 Å². The Morgan fingerprint density at radius 3 is 2.03 bits per heavy atom. The number of ether oxygens (including phenoxy) is 1. The molecule has 0 spiro atoms. The molecule has 7 aromatic rings. The van der Waals surface area contributed by atoms with Gasteiger partial charge in [0.25, 0.3) is 0 Å². The molecule has 0 aliphatic carbocycles. The number of rotatable bonds is 15. The molecule has 1 aliphatic heterocycles. The smallest absolute Gasteiger partial charge is 0.350 e. The first kappa shape index (κ1) is 42.1. The zero-order chi connectivity index (χ0) is 43.4. The molecule has 3 aromatic heterocycles. The number of nitrogens with zero attached hydrogens (tertiary/aromatic N) is 9. The van der Waals surface area contributed by atoms with Crippen molar-refractivity contribution in [3.8, 4) is 16.8 Å². The average molecular weight is 848 g/mol. The van der Waals surface area contributed by atoms with Gasteiger partial charge in [-0.1, -0.05) is 55.5 Å². The van der Waals surface area contributed by atoms with Crippen LogP contribution >= 0.6 is 0 Å². The summed E-state index contributed by atoms with van der Waals surface area (Å²) in [6, 6.07) is 29.9. The summed E-state index contributed by atoms with van der Waals surface area (Å²) in [5, 5.41) is 19.8. The highest BCUT2D eigenvalue weighted by molar-refractivity contribution is 5.66. The molecule has 1 saturated heterocycles. The molecule has 8 rings (SSSR count). The lowest BCUT2D eigenvalue weighted by atomic mass is 9.84. The van der Waals surface area contributed by atoms with E-state index in [1.165, 1.54) is 16.9 Å². The van der Waals surface area contributed by atoms with Crippen molar-refractivity contribution in [3.05, 3.63) is 173 Å². The van der Waals surface area contributed by atoms with Gasteiger partial charge < -0.3 is 19.6 Å². The quantitative estimate of drug-likeness (QED) is 0.105. The summed E-state index contributed by atoms with van der Waals surface area (Å²) in [7, 11) is 0. The van der Waals surface area contributed by atoms with Crippen molar-refractivity contribution in [2.45, 2.75) is 57.1 Å². The first-order valence-corrected chi connectivity index (χ1v) is 20.3. The molecule has 1 fully saturated rings. The summed E-state index contributed by atoms with van der Waals surface area (Å²) < 4.78 is 71.3. The van der Waals surface area contributed by atoms with E-state index in [1.807, 2.05) is 92.7 Å². The minimum absolute atomic E-state index is 0.222. The van der Waals surface area contributed by atoms with Crippen LogP contribution in [0.3, 0.4) is 0 Å². The van der Waals surface area contributed by atoms with Crippen molar-refractivity contribution in [1.29, 1.82) is 0 Å². The van der Waals surface area contributed by atoms with Crippen LogP contribution in [0.5, 0.6) is 0 Å². The van der Waals surface area contributed by atoms with E-state index in [1.54, 1.807) is 10.9 Å². The molecule has 4 heterocycles. The van der Waals surface area contributed by atoms with Crippen LogP contribution in [0.2, 0.25) is 0 Å². The van der Waals surface area contributed by atoms with E-state index in [-0.39, 0.29) is 17.8 Å². The maximum absolute atomic E-state index is 16.3. The highest BCUT2D eigenvalue weighted by Gasteiger charge is 2.58. The fourth-order valence-corrected chi connectivity index (χ4v) is 7.94. The predicted molar refractivity (Wildman–Crippen MR) is 226 cm³/mol. The number of benzene rings is 4. The van der Waals surface area contributed by atoms with Gasteiger partial charge in [0.05, 0.1) is 31.0 Å². The molecular weight excluding hydrogens is 803 g/mol. The fraction of sp³-hybridized carbons (Fsp3) is 0.283. The van der Waals surface area contributed by atoms with Crippen LogP contribution in [0, 0.1) is 11.6 Å². The lowest BCUT2D eigenvalue weighted by molar-refractivity contribution is -0.207. The van der Waals surface area contributed by atoms with Crippen molar-refractivity contribution < 1.29 is 27.4 Å². The van der Waals surface area contributed by atoms with Gasteiger partial charge >= 0.3 is 11.6 Å². The largest absolute Gasteiger partial charge is 0.377 e. The molecule has 0 radical (unpaired) electrons. The maximum atomic E-state index is 16.3. The second-order valence-corrected chi connectivity index (χ2v) is 15.3. The van der Waals surface area contributed by atoms with E-state index < -0.39 is 41.0 Å². The van der Waals surface area contributed by atoms with Crippen molar-refractivity contribution in [2.75, 3.05) is 36.0 Å². The highest BCUT2D eigenvalue weighted by atomic mass is 19.3. The lowest BCUT2D eigenvalue weighted by Crippen LogP contribution is -2.48. The van der Waals surface area contributed by atoms with E-state index in [9.17, 15) is 18.7 Å². The molecule has 62 heavy (non-hydrogen) atoms. The summed E-state index contributed by atoms with van der Waals surface area (Å²) in [5.74, 6) is -6.45. The van der Waals surface area contributed by atoms with Crippen LogP contribution in [-0.4, -0.2) is 71.5 Å².